The number of benzene rings is 1. The highest BCUT2D eigenvalue weighted by Gasteiger charge is 2.26. The van der Waals surface area contributed by atoms with Gasteiger partial charge < -0.3 is 14.0 Å². The molecular weight excluding hydrogens is 473 g/mol. The van der Waals surface area contributed by atoms with Crippen molar-refractivity contribution in [2.24, 2.45) is 7.05 Å². The van der Waals surface area contributed by atoms with Gasteiger partial charge >= 0.3 is 0 Å². The Hall–Kier alpha value is -3.13. The zero-order valence-corrected chi connectivity index (χ0v) is 20.1. The molecule has 0 atom stereocenters. The summed E-state index contributed by atoms with van der Waals surface area (Å²) in [5.41, 5.74) is 3.21. The van der Waals surface area contributed by atoms with Crippen LogP contribution in [0.5, 0.6) is 0 Å². The predicted molar refractivity (Wildman–Crippen MR) is 134 cm³/mol. The quantitative estimate of drug-likeness (QED) is 0.401. The number of carbonyl (C=O) groups excluding carboxylic acids is 1. The van der Waals surface area contributed by atoms with Gasteiger partial charge in [0.1, 0.15) is 0 Å². The third kappa shape index (κ3) is 4.34. The van der Waals surface area contributed by atoms with E-state index in [-0.39, 0.29) is 11.5 Å². The molecule has 174 valence electrons. The van der Waals surface area contributed by atoms with Crippen molar-refractivity contribution in [1.29, 1.82) is 0 Å². The van der Waals surface area contributed by atoms with Crippen LogP contribution >= 0.6 is 23.2 Å². The van der Waals surface area contributed by atoms with E-state index in [0.717, 1.165) is 36.3 Å². The molecule has 1 aliphatic heterocycles. The molecule has 1 aromatic carbocycles. The fourth-order valence-corrected chi connectivity index (χ4v) is 4.77. The second-order valence-electron chi connectivity index (χ2n) is 8.44. The van der Waals surface area contributed by atoms with E-state index in [9.17, 15) is 9.59 Å². The van der Waals surface area contributed by atoms with Gasteiger partial charge in [0.25, 0.3) is 5.91 Å². The van der Waals surface area contributed by atoms with Crippen LogP contribution in [0.15, 0.2) is 65.8 Å². The molecule has 9 heteroatoms. The van der Waals surface area contributed by atoms with E-state index in [1.165, 1.54) is 0 Å². The lowest BCUT2D eigenvalue weighted by Crippen LogP contribution is -2.48. The maximum absolute atomic E-state index is 13.5. The van der Waals surface area contributed by atoms with Crippen LogP contribution in [0.1, 0.15) is 15.9 Å². The minimum absolute atomic E-state index is 0.0211. The summed E-state index contributed by atoms with van der Waals surface area (Å²) in [5.74, 6) is -0.0262. The minimum atomic E-state index is -0.0262. The number of rotatable bonds is 4. The summed E-state index contributed by atoms with van der Waals surface area (Å²) >= 11 is 12.5. The lowest BCUT2D eigenvalue weighted by atomic mass is 10.1. The summed E-state index contributed by atoms with van der Waals surface area (Å²) in [6.45, 7) is 3.50. The van der Waals surface area contributed by atoms with E-state index in [1.807, 2.05) is 46.1 Å². The lowest BCUT2D eigenvalue weighted by molar-refractivity contribution is 0.0630. The first-order valence-electron chi connectivity index (χ1n) is 11.0. The molecule has 1 fully saturated rings. The Morgan fingerprint density at radius 3 is 2.41 bits per heavy atom. The molecule has 0 N–H and O–H groups in total. The van der Waals surface area contributed by atoms with Crippen molar-refractivity contribution in [3.8, 4) is 5.69 Å². The van der Waals surface area contributed by atoms with Gasteiger partial charge in [0, 0.05) is 80.5 Å². The molecule has 0 saturated carbocycles. The molecule has 0 spiro atoms. The van der Waals surface area contributed by atoms with Gasteiger partial charge in [-0.05, 0) is 35.9 Å². The fourth-order valence-electron chi connectivity index (χ4n) is 4.40. The van der Waals surface area contributed by atoms with Crippen molar-refractivity contribution in [1.82, 2.24) is 23.9 Å². The Kier molecular flexibility index (Phi) is 6.16. The van der Waals surface area contributed by atoms with Gasteiger partial charge in [0.2, 0.25) is 5.56 Å². The number of hydrogen-bond donors (Lipinski definition) is 0. The molecule has 4 aromatic rings. The number of pyridine rings is 2. The van der Waals surface area contributed by atoms with Gasteiger partial charge in [0.05, 0.1) is 11.1 Å². The number of halogens is 2. The zero-order chi connectivity index (χ0) is 23.8. The molecule has 0 radical (unpaired) electrons. The molecular formula is C25H23Cl2N5O2. The molecule has 7 nitrogen and oxygen atoms in total. The molecule has 1 amide bonds. The number of hydrogen-bond acceptors (Lipinski definition) is 4. The summed E-state index contributed by atoms with van der Waals surface area (Å²) in [4.78, 5) is 33.6. The Morgan fingerprint density at radius 2 is 1.71 bits per heavy atom. The van der Waals surface area contributed by atoms with Crippen molar-refractivity contribution in [2.75, 3.05) is 26.2 Å². The maximum Gasteiger partial charge on any atom is 0.256 e. The normalized spacial score (nSPS) is 14.6. The van der Waals surface area contributed by atoms with Crippen molar-refractivity contribution < 1.29 is 4.79 Å². The first kappa shape index (κ1) is 22.7. The minimum Gasteiger partial charge on any atom is -0.336 e. The summed E-state index contributed by atoms with van der Waals surface area (Å²) < 4.78 is 3.48. The second-order valence-corrected chi connectivity index (χ2v) is 9.24. The first-order chi connectivity index (χ1) is 16.4. The highest BCUT2D eigenvalue weighted by atomic mass is 35.5. The number of amides is 1. The molecule has 1 aliphatic rings. The molecule has 0 unspecified atom stereocenters. The van der Waals surface area contributed by atoms with Crippen LogP contribution in [-0.2, 0) is 13.6 Å². The number of carbonyl (C=O) groups is 1. The molecule has 4 heterocycles. The van der Waals surface area contributed by atoms with Gasteiger partial charge in [-0.25, -0.2) is 4.98 Å². The van der Waals surface area contributed by atoms with Gasteiger partial charge in [-0.2, -0.15) is 0 Å². The first-order valence-corrected chi connectivity index (χ1v) is 11.7. The summed E-state index contributed by atoms with van der Waals surface area (Å²) in [6, 6.07) is 12.7. The third-order valence-electron chi connectivity index (χ3n) is 6.22. The average molecular weight is 496 g/mol. The van der Waals surface area contributed by atoms with Gasteiger partial charge in [0.15, 0.2) is 5.15 Å². The SMILES string of the molecule is Cn1cc(CN2CCN(C(=O)c3cn(-c4ccc(Cl)cc4)c4c(Cl)nccc34)CC2)ccc1=O. The van der Waals surface area contributed by atoms with E-state index in [0.29, 0.717) is 34.3 Å². The number of fused-ring (bicyclic) bond motifs is 1. The Balaban J connectivity index is 1.37. The smallest absolute Gasteiger partial charge is 0.256 e. The Bertz CT molecular complexity index is 1420. The standard InChI is InChI=1S/C25H23Cl2N5O2/c1-29-14-17(2-7-22(29)33)15-30-10-12-31(13-11-30)25(34)21-16-32(19-5-3-18(26)4-6-19)23-20(21)8-9-28-24(23)27/h2-9,14,16H,10-13,15H2,1H3. The van der Waals surface area contributed by atoms with Crippen LogP contribution in [0.4, 0.5) is 0 Å². The van der Waals surface area contributed by atoms with Crippen LogP contribution in [0.3, 0.4) is 0 Å². The molecule has 34 heavy (non-hydrogen) atoms. The predicted octanol–water partition coefficient (Wildman–Crippen LogP) is 3.99. The molecule has 1 saturated heterocycles. The van der Waals surface area contributed by atoms with Crippen LogP contribution in [0.2, 0.25) is 10.2 Å². The van der Waals surface area contributed by atoms with Crippen molar-refractivity contribution in [3.05, 3.63) is 92.7 Å². The van der Waals surface area contributed by atoms with E-state index in [1.54, 1.807) is 36.0 Å². The average Bonchev–Trinajstić information content (AvgIpc) is 3.23. The van der Waals surface area contributed by atoms with Crippen LogP contribution in [0.25, 0.3) is 16.6 Å². The van der Waals surface area contributed by atoms with Crippen molar-refractivity contribution >= 4 is 40.0 Å². The van der Waals surface area contributed by atoms with E-state index >= 15 is 0 Å². The number of aromatic nitrogens is 3. The number of piperazine rings is 1. The summed E-state index contributed by atoms with van der Waals surface area (Å²) in [6.07, 6.45) is 5.32. The highest BCUT2D eigenvalue weighted by Crippen LogP contribution is 2.30. The maximum atomic E-state index is 13.5. The van der Waals surface area contributed by atoms with Crippen LogP contribution < -0.4 is 5.56 Å². The van der Waals surface area contributed by atoms with Crippen molar-refractivity contribution in [3.63, 3.8) is 0 Å². The monoisotopic (exact) mass is 495 g/mol. The fraction of sp³-hybridized carbons (Fsp3) is 0.240. The van der Waals surface area contributed by atoms with Gasteiger partial charge in [-0.3, -0.25) is 14.5 Å². The van der Waals surface area contributed by atoms with Crippen LogP contribution in [0, 0.1) is 0 Å². The van der Waals surface area contributed by atoms with Crippen molar-refractivity contribution in [2.45, 2.75) is 6.54 Å². The summed E-state index contributed by atoms with van der Waals surface area (Å²) in [5, 5.41) is 1.75. The third-order valence-corrected chi connectivity index (χ3v) is 6.75. The molecule has 0 aliphatic carbocycles. The number of nitrogens with zero attached hydrogens (tertiary/aromatic N) is 5. The van der Waals surface area contributed by atoms with E-state index in [4.69, 9.17) is 23.2 Å². The number of aryl methyl sites for hydroxylation is 1. The highest BCUT2D eigenvalue weighted by molar-refractivity contribution is 6.34. The van der Waals surface area contributed by atoms with E-state index < -0.39 is 0 Å². The Labute approximate surface area is 206 Å². The Morgan fingerprint density at radius 1 is 0.971 bits per heavy atom. The summed E-state index contributed by atoms with van der Waals surface area (Å²) in [7, 11) is 1.75. The largest absolute Gasteiger partial charge is 0.336 e. The lowest BCUT2D eigenvalue weighted by Gasteiger charge is -2.34. The van der Waals surface area contributed by atoms with E-state index in [2.05, 4.69) is 9.88 Å². The molecule has 0 bridgehead atoms. The zero-order valence-electron chi connectivity index (χ0n) is 18.6. The molecule has 3 aromatic heterocycles. The van der Waals surface area contributed by atoms with Gasteiger partial charge in [-0.1, -0.05) is 29.3 Å². The second kappa shape index (κ2) is 9.25. The van der Waals surface area contributed by atoms with Crippen LogP contribution in [-0.4, -0.2) is 56.0 Å². The topological polar surface area (TPSA) is 63.4 Å². The van der Waals surface area contributed by atoms with Gasteiger partial charge in [-0.15, -0.1) is 0 Å². The molecule has 5 rings (SSSR count).